The molecule has 2 aliphatic heterocycles. The van der Waals surface area contributed by atoms with E-state index in [1.54, 1.807) is 22.6 Å². The Morgan fingerprint density at radius 1 is 1.00 bits per heavy atom. The first kappa shape index (κ1) is 31.1. The quantitative estimate of drug-likeness (QED) is 0.336. The van der Waals surface area contributed by atoms with E-state index in [0.717, 1.165) is 13.7 Å². The van der Waals surface area contributed by atoms with E-state index in [4.69, 9.17) is 5.11 Å². The minimum atomic E-state index is -0.856. The van der Waals surface area contributed by atoms with Crippen LogP contribution in [0.1, 0.15) is 59.7 Å². The molecule has 0 saturated carbocycles. The minimum absolute atomic E-state index is 0.0164. The molecular weight excluding hydrogens is 706 g/mol. The second-order valence-corrected chi connectivity index (χ2v) is 11.0. The third-order valence-corrected chi connectivity index (χ3v) is 7.13. The number of carbonyl (C=O) groups excluding carboxylic acids is 3. The number of fused-ring (bicyclic) bond motifs is 2. The second-order valence-electron chi connectivity index (χ2n) is 8.55. The number of halogens is 2. The van der Waals surface area contributed by atoms with Crippen molar-refractivity contribution >= 4 is 68.9 Å². The number of nitrogens with zero attached hydrogens (tertiary/aromatic N) is 3. The zero-order valence-electron chi connectivity index (χ0n) is 21.4. The lowest BCUT2D eigenvalue weighted by atomic mass is 10.1. The Hall–Kier alpha value is -2.14. The number of carboxylic acids is 1. The number of nitrogens with one attached hydrogen (secondary N) is 3. The summed E-state index contributed by atoms with van der Waals surface area (Å²) in [5, 5.41) is 17.2. The van der Waals surface area contributed by atoms with Gasteiger partial charge >= 0.3 is 5.97 Å². The first-order valence-corrected chi connectivity index (χ1v) is 14.1. The van der Waals surface area contributed by atoms with Gasteiger partial charge in [0, 0.05) is 52.6 Å². The number of hydrogen-bond acceptors (Lipinski definition) is 5. The first-order valence-electron chi connectivity index (χ1n) is 11.9. The fourth-order valence-electron chi connectivity index (χ4n) is 3.73. The van der Waals surface area contributed by atoms with Crippen molar-refractivity contribution in [2.75, 3.05) is 40.3 Å². The summed E-state index contributed by atoms with van der Waals surface area (Å²) in [6, 6.07) is 3.43. The van der Waals surface area contributed by atoms with Gasteiger partial charge in [-0.15, -0.1) is 0 Å². The Labute approximate surface area is 244 Å². The van der Waals surface area contributed by atoms with E-state index in [-0.39, 0.29) is 36.2 Å². The normalized spacial score (nSPS) is 17.6. The smallest absolute Gasteiger partial charge is 0.305 e. The van der Waals surface area contributed by atoms with Crippen molar-refractivity contribution in [1.29, 1.82) is 0 Å². The van der Waals surface area contributed by atoms with Crippen LogP contribution in [0.5, 0.6) is 0 Å². The first-order chi connectivity index (χ1) is 17.5. The van der Waals surface area contributed by atoms with Gasteiger partial charge in [-0.05, 0) is 77.8 Å². The van der Waals surface area contributed by atoms with Crippen LogP contribution in [0.3, 0.4) is 0 Å². The van der Waals surface area contributed by atoms with Crippen LogP contribution in [0.4, 0.5) is 0 Å². The fourth-order valence-corrected chi connectivity index (χ4v) is 4.92. The van der Waals surface area contributed by atoms with E-state index in [2.05, 4.69) is 68.1 Å². The summed E-state index contributed by atoms with van der Waals surface area (Å²) in [6.45, 7) is 6.68. The maximum absolute atomic E-state index is 11.9. The highest BCUT2D eigenvalue weighted by molar-refractivity contribution is 14.1. The Kier molecular flexibility index (Phi) is 12.4. The van der Waals surface area contributed by atoms with Crippen LogP contribution in [-0.4, -0.2) is 83.1 Å². The molecule has 0 aromatic carbocycles. The van der Waals surface area contributed by atoms with Gasteiger partial charge in [-0.1, -0.05) is 6.92 Å². The van der Waals surface area contributed by atoms with E-state index >= 15 is 0 Å². The van der Waals surface area contributed by atoms with Crippen LogP contribution < -0.4 is 16.0 Å². The molecule has 37 heavy (non-hydrogen) atoms. The molecule has 0 spiro atoms. The Morgan fingerprint density at radius 3 is 1.81 bits per heavy atom. The molecule has 4 rings (SSSR count). The average molecular weight is 740 g/mol. The molecule has 2 aliphatic rings. The number of rotatable bonds is 6. The molecule has 204 valence electrons. The third-order valence-electron chi connectivity index (χ3n) is 5.95. The van der Waals surface area contributed by atoms with Gasteiger partial charge < -0.3 is 35.1 Å². The standard InChI is InChI=1S/C12H16IN3O2.C9H9IN2O3.C3H9N/c1-3-15(2)11(17)5-9-6-14-12(18)10-4-8(13)7-16(9)10;10-5-1-7-9(15)11-3-6(2-8(13)14)12(7)4-5;1-3-4-2/h4,7,9H,3,5-6H2,1-2H3,(H,14,18);1,4,6H,2-3H2,(H,11,15)(H,13,14);4H,3H2,1-2H3. The molecule has 0 fully saturated rings. The van der Waals surface area contributed by atoms with Crippen molar-refractivity contribution < 1.29 is 24.3 Å². The summed E-state index contributed by atoms with van der Waals surface area (Å²) in [6.07, 6.45) is 4.18. The lowest BCUT2D eigenvalue weighted by Gasteiger charge is -2.27. The van der Waals surface area contributed by atoms with Gasteiger partial charge in [0.05, 0.1) is 18.5 Å². The van der Waals surface area contributed by atoms with Crippen molar-refractivity contribution in [3.8, 4) is 0 Å². The Morgan fingerprint density at radius 2 is 1.43 bits per heavy atom. The lowest BCUT2D eigenvalue weighted by molar-refractivity contribution is -0.138. The van der Waals surface area contributed by atoms with E-state index < -0.39 is 5.97 Å². The number of amides is 3. The van der Waals surface area contributed by atoms with Gasteiger partial charge in [0.25, 0.3) is 11.8 Å². The monoisotopic (exact) mass is 740 g/mol. The average Bonchev–Trinajstić information content (AvgIpc) is 3.46. The van der Waals surface area contributed by atoms with Gasteiger partial charge in [-0.3, -0.25) is 19.2 Å². The summed E-state index contributed by atoms with van der Waals surface area (Å²) in [4.78, 5) is 47.4. The van der Waals surface area contributed by atoms with Crippen molar-refractivity contribution in [3.63, 3.8) is 0 Å². The van der Waals surface area contributed by atoms with E-state index in [9.17, 15) is 19.2 Å². The molecule has 2 unspecified atom stereocenters. The topological polar surface area (TPSA) is 138 Å². The molecule has 13 heteroatoms. The minimum Gasteiger partial charge on any atom is -0.481 e. The van der Waals surface area contributed by atoms with Gasteiger partial charge in [0.15, 0.2) is 0 Å². The summed E-state index contributed by atoms with van der Waals surface area (Å²) in [5.74, 6) is -0.955. The predicted octanol–water partition coefficient (Wildman–Crippen LogP) is 2.32. The number of aliphatic carboxylic acids is 1. The molecular formula is C24H34I2N6O5. The van der Waals surface area contributed by atoms with Gasteiger partial charge in [0.1, 0.15) is 11.4 Å². The molecule has 2 aromatic rings. The lowest BCUT2D eigenvalue weighted by Crippen LogP contribution is -2.40. The van der Waals surface area contributed by atoms with Crippen molar-refractivity contribution in [1.82, 2.24) is 30.0 Å². The third kappa shape index (κ3) is 8.70. The summed E-state index contributed by atoms with van der Waals surface area (Å²) in [5.41, 5.74) is 1.18. The number of hydrogen-bond donors (Lipinski definition) is 4. The number of aromatic nitrogens is 2. The Bertz CT molecular complexity index is 1110. The highest BCUT2D eigenvalue weighted by Crippen LogP contribution is 2.24. The number of carboxylic acid groups (broad SMARTS) is 1. The molecule has 0 aliphatic carbocycles. The van der Waals surface area contributed by atoms with Crippen molar-refractivity contribution in [2.24, 2.45) is 0 Å². The zero-order chi connectivity index (χ0) is 27.7. The van der Waals surface area contributed by atoms with E-state index in [1.165, 1.54) is 0 Å². The summed E-state index contributed by atoms with van der Waals surface area (Å²) < 4.78 is 5.62. The molecule has 0 radical (unpaired) electrons. The Balaban J connectivity index is 0.000000230. The molecule has 2 atom stereocenters. The maximum atomic E-state index is 11.9. The van der Waals surface area contributed by atoms with Crippen LogP contribution >= 0.6 is 45.2 Å². The van der Waals surface area contributed by atoms with Crippen LogP contribution in [0.15, 0.2) is 24.5 Å². The molecule has 2 aromatic heterocycles. The van der Waals surface area contributed by atoms with Crippen molar-refractivity contribution in [3.05, 3.63) is 43.1 Å². The highest BCUT2D eigenvalue weighted by atomic mass is 127. The van der Waals surface area contributed by atoms with Gasteiger partial charge in [0.2, 0.25) is 5.91 Å². The molecule has 11 nitrogen and oxygen atoms in total. The van der Waals surface area contributed by atoms with Crippen molar-refractivity contribution in [2.45, 2.75) is 38.8 Å². The molecule has 0 bridgehead atoms. The van der Waals surface area contributed by atoms with E-state index in [0.29, 0.717) is 37.4 Å². The fraction of sp³-hybridized carbons (Fsp3) is 0.500. The van der Waals surface area contributed by atoms with E-state index in [1.807, 2.05) is 37.0 Å². The van der Waals surface area contributed by atoms with Crippen LogP contribution in [-0.2, 0) is 9.59 Å². The number of carbonyl (C=O) groups is 4. The largest absolute Gasteiger partial charge is 0.481 e. The maximum Gasteiger partial charge on any atom is 0.305 e. The second kappa shape index (κ2) is 14.7. The SMILES string of the molecule is CCN(C)C(=O)CC1CNC(=O)c2cc(I)cn21.CCNC.O=C(O)CC1CNC(=O)c2cc(I)cn21. The molecule has 4 N–H and O–H groups in total. The summed E-state index contributed by atoms with van der Waals surface area (Å²) >= 11 is 4.29. The molecule has 4 heterocycles. The van der Waals surface area contributed by atoms with Crippen LogP contribution in [0, 0.1) is 7.14 Å². The summed E-state index contributed by atoms with van der Waals surface area (Å²) in [7, 11) is 3.73. The predicted molar refractivity (Wildman–Crippen MR) is 157 cm³/mol. The molecule has 3 amide bonds. The highest BCUT2D eigenvalue weighted by Gasteiger charge is 2.28. The van der Waals surface area contributed by atoms with Crippen LogP contribution in [0.25, 0.3) is 0 Å². The van der Waals surface area contributed by atoms with Crippen LogP contribution in [0.2, 0.25) is 0 Å². The molecule has 0 saturated heterocycles. The van der Waals surface area contributed by atoms with Gasteiger partial charge in [-0.2, -0.15) is 0 Å². The zero-order valence-corrected chi connectivity index (χ0v) is 25.7. The van der Waals surface area contributed by atoms with Gasteiger partial charge in [-0.25, -0.2) is 0 Å².